The van der Waals surface area contributed by atoms with Crippen LogP contribution in [0.15, 0.2) is 18.2 Å². The number of carbonyl (C=O) groups excluding carboxylic acids is 3. The van der Waals surface area contributed by atoms with Gasteiger partial charge in [-0.1, -0.05) is 13.8 Å². The van der Waals surface area contributed by atoms with Gasteiger partial charge in [0.05, 0.1) is 10.6 Å². The minimum atomic E-state index is -0.588. The van der Waals surface area contributed by atoms with E-state index in [-0.39, 0.29) is 49.4 Å². The van der Waals surface area contributed by atoms with Gasteiger partial charge in [0, 0.05) is 31.1 Å². The molecule has 0 saturated carbocycles. The summed E-state index contributed by atoms with van der Waals surface area (Å²) >= 11 is 0. The number of hydrogen-bond donors (Lipinski definition) is 2. The molecule has 0 atom stereocenters. The third-order valence-corrected chi connectivity index (χ3v) is 3.67. The van der Waals surface area contributed by atoms with Gasteiger partial charge in [0.15, 0.2) is 6.61 Å². The lowest BCUT2D eigenvalue weighted by Gasteiger charge is -2.28. The van der Waals surface area contributed by atoms with Crippen molar-refractivity contribution in [1.82, 2.24) is 10.6 Å². The van der Waals surface area contributed by atoms with Gasteiger partial charge in [0.25, 0.3) is 11.6 Å². The predicted octanol–water partition coefficient (Wildman–Crippen LogP) is 0.209. The van der Waals surface area contributed by atoms with E-state index < -0.39 is 16.7 Å². The first-order chi connectivity index (χ1) is 12.3. The maximum atomic E-state index is 12.1. The van der Waals surface area contributed by atoms with Crippen molar-refractivity contribution in [2.45, 2.75) is 13.8 Å². The molecule has 1 heterocycles. The number of nitrogens with zero attached hydrogens (tertiary/aromatic N) is 2. The van der Waals surface area contributed by atoms with Gasteiger partial charge in [-0.3, -0.25) is 29.4 Å². The number of hydrogen-bond acceptors (Lipinski definition) is 6. The van der Waals surface area contributed by atoms with Gasteiger partial charge in [0.2, 0.25) is 11.8 Å². The Hall–Kier alpha value is -3.17. The number of nitro groups is 1. The second-order valence-electron chi connectivity index (χ2n) is 5.97. The number of non-ortho nitro benzene ring substituents is 1. The lowest BCUT2D eigenvalue weighted by molar-refractivity contribution is -0.384. The van der Waals surface area contributed by atoms with Crippen LogP contribution < -0.4 is 20.3 Å². The number of fused-ring (bicyclic) bond motifs is 1. The zero-order chi connectivity index (χ0) is 19.3. The van der Waals surface area contributed by atoms with E-state index in [2.05, 4.69) is 10.6 Å². The zero-order valence-electron chi connectivity index (χ0n) is 14.5. The Morgan fingerprint density at radius 2 is 2.00 bits per heavy atom. The maximum absolute atomic E-state index is 12.1. The predicted molar refractivity (Wildman–Crippen MR) is 91.8 cm³/mol. The van der Waals surface area contributed by atoms with Crippen LogP contribution in [0.1, 0.15) is 13.8 Å². The number of nitrogens with one attached hydrogen (secondary N) is 2. The molecule has 3 amide bonds. The van der Waals surface area contributed by atoms with Gasteiger partial charge in [0.1, 0.15) is 12.3 Å². The van der Waals surface area contributed by atoms with Crippen LogP contribution >= 0.6 is 0 Å². The fraction of sp³-hybridized carbons (Fsp3) is 0.438. The van der Waals surface area contributed by atoms with Gasteiger partial charge >= 0.3 is 0 Å². The Morgan fingerprint density at radius 1 is 1.31 bits per heavy atom. The molecule has 0 spiro atoms. The lowest BCUT2D eigenvalue weighted by atomic mass is 10.2. The molecule has 0 aromatic heterocycles. The molecular weight excluding hydrogens is 344 g/mol. The number of ether oxygens (including phenoxy) is 1. The largest absolute Gasteiger partial charge is 0.482 e. The summed E-state index contributed by atoms with van der Waals surface area (Å²) in [5, 5.41) is 16.2. The van der Waals surface area contributed by atoms with Crippen molar-refractivity contribution in [3.63, 3.8) is 0 Å². The highest BCUT2D eigenvalue weighted by atomic mass is 16.6. The average molecular weight is 364 g/mol. The number of rotatable bonds is 7. The van der Waals surface area contributed by atoms with Crippen LogP contribution in [-0.4, -0.2) is 48.9 Å². The second-order valence-corrected chi connectivity index (χ2v) is 5.97. The molecule has 2 rings (SSSR count). The number of carbonyl (C=O) groups is 3. The molecule has 0 saturated heterocycles. The molecule has 2 N–H and O–H groups in total. The third-order valence-electron chi connectivity index (χ3n) is 3.67. The van der Waals surface area contributed by atoms with Gasteiger partial charge in [-0.2, -0.15) is 0 Å². The monoisotopic (exact) mass is 364 g/mol. The van der Waals surface area contributed by atoms with Gasteiger partial charge < -0.3 is 15.4 Å². The number of anilines is 1. The summed E-state index contributed by atoms with van der Waals surface area (Å²) in [6, 6.07) is 3.86. The van der Waals surface area contributed by atoms with Crippen LogP contribution in [0.4, 0.5) is 11.4 Å². The first-order valence-corrected chi connectivity index (χ1v) is 8.05. The number of benzene rings is 1. The molecule has 1 aromatic carbocycles. The molecule has 0 bridgehead atoms. The summed E-state index contributed by atoms with van der Waals surface area (Å²) in [5.74, 6) is -0.891. The molecule has 1 aromatic rings. The molecular formula is C16H20N4O6. The summed E-state index contributed by atoms with van der Waals surface area (Å²) in [6.45, 7) is 3.44. The molecule has 0 fully saturated rings. The molecule has 1 aliphatic heterocycles. The van der Waals surface area contributed by atoms with E-state index in [4.69, 9.17) is 4.74 Å². The Balaban J connectivity index is 1.97. The van der Waals surface area contributed by atoms with Crippen LogP contribution in [0.25, 0.3) is 0 Å². The summed E-state index contributed by atoms with van der Waals surface area (Å²) in [6.07, 6.45) is 0. The van der Waals surface area contributed by atoms with Crippen molar-refractivity contribution in [3.8, 4) is 5.75 Å². The fourth-order valence-corrected chi connectivity index (χ4v) is 2.27. The maximum Gasteiger partial charge on any atom is 0.271 e. The van der Waals surface area contributed by atoms with Crippen LogP contribution in [0.5, 0.6) is 5.75 Å². The Labute approximate surface area is 149 Å². The minimum Gasteiger partial charge on any atom is -0.482 e. The summed E-state index contributed by atoms with van der Waals surface area (Å²) in [5.41, 5.74) is -0.0254. The quantitative estimate of drug-likeness (QED) is 0.404. The molecule has 10 heteroatoms. The van der Waals surface area contributed by atoms with Crippen LogP contribution in [0, 0.1) is 16.0 Å². The standard InChI is InChI=1S/C16H20N4O6/c1-10(2)16(23)18-6-5-17-14(21)8-19-12-7-11(20(24)25)3-4-13(12)26-9-15(19)22/h3-4,7,10H,5-6,8-9H2,1-2H3,(H,17,21)(H,18,23). The van der Waals surface area contributed by atoms with E-state index in [9.17, 15) is 24.5 Å². The summed E-state index contributed by atoms with van der Waals surface area (Å²) < 4.78 is 5.24. The van der Waals surface area contributed by atoms with Crippen molar-refractivity contribution >= 4 is 29.1 Å². The topological polar surface area (TPSA) is 131 Å². The summed E-state index contributed by atoms with van der Waals surface area (Å²) in [7, 11) is 0. The van der Waals surface area contributed by atoms with Crippen LogP contribution in [0.3, 0.4) is 0 Å². The van der Waals surface area contributed by atoms with Crippen molar-refractivity contribution in [3.05, 3.63) is 28.3 Å². The normalized spacial score (nSPS) is 13.0. The third kappa shape index (κ3) is 4.68. The minimum absolute atomic E-state index is 0.121. The zero-order valence-corrected chi connectivity index (χ0v) is 14.5. The Bertz CT molecular complexity index is 733. The molecule has 10 nitrogen and oxygen atoms in total. The van der Waals surface area contributed by atoms with Crippen LogP contribution in [-0.2, 0) is 14.4 Å². The smallest absolute Gasteiger partial charge is 0.271 e. The Kier molecular flexibility index (Phi) is 6.10. The first-order valence-electron chi connectivity index (χ1n) is 8.05. The second kappa shape index (κ2) is 8.28. The average Bonchev–Trinajstić information content (AvgIpc) is 2.60. The molecule has 0 aliphatic carbocycles. The summed E-state index contributed by atoms with van der Waals surface area (Å²) in [4.78, 5) is 47.0. The Morgan fingerprint density at radius 3 is 2.65 bits per heavy atom. The highest BCUT2D eigenvalue weighted by molar-refractivity contribution is 6.02. The van der Waals surface area contributed by atoms with Gasteiger partial charge in [-0.05, 0) is 6.07 Å². The van der Waals surface area contributed by atoms with Gasteiger partial charge in [-0.15, -0.1) is 0 Å². The highest BCUT2D eigenvalue weighted by Crippen LogP contribution is 2.34. The van der Waals surface area contributed by atoms with E-state index in [1.54, 1.807) is 13.8 Å². The highest BCUT2D eigenvalue weighted by Gasteiger charge is 2.29. The van der Waals surface area contributed by atoms with E-state index in [0.29, 0.717) is 5.75 Å². The number of amides is 3. The van der Waals surface area contributed by atoms with Crippen molar-refractivity contribution in [2.75, 3.05) is 31.1 Å². The molecule has 140 valence electrons. The van der Waals surface area contributed by atoms with E-state index in [1.165, 1.54) is 18.2 Å². The van der Waals surface area contributed by atoms with Crippen molar-refractivity contribution in [1.29, 1.82) is 0 Å². The number of nitro benzene ring substituents is 1. The van der Waals surface area contributed by atoms with Crippen molar-refractivity contribution < 1.29 is 24.0 Å². The van der Waals surface area contributed by atoms with E-state index in [0.717, 1.165) is 4.90 Å². The van der Waals surface area contributed by atoms with Crippen molar-refractivity contribution in [2.24, 2.45) is 5.92 Å². The van der Waals surface area contributed by atoms with Gasteiger partial charge in [-0.25, -0.2) is 0 Å². The van der Waals surface area contributed by atoms with Crippen LogP contribution in [0.2, 0.25) is 0 Å². The molecule has 1 aliphatic rings. The molecule has 0 radical (unpaired) electrons. The lowest BCUT2D eigenvalue weighted by Crippen LogP contribution is -2.46. The van der Waals surface area contributed by atoms with E-state index >= 15 is 0 Å². The van der Waals surface area contributed by atoms with E-state index in [1.807, 2.05) is 0 Å². The first kappa shape index (κ1) is 19.2. The molecule has 0 unspecified atom stereocenters. The SMILES string of the molecule is CC(C)C(=O)NCCNC(=O)CN1C(=O)COc2ccc([N+](=O)[O-])cc21. The fourth-order valence-electron chi connectivity index (χ4n) is 2.27. The molecule has 26 heavy (non-hydrogen) atoms.